The van der Waals surface area contributed by atoms with Gasteiger partial charge >= 0.3 is 0 Å². The van der Waals surface area contributed by atoms with Gasteiger partial charge in [0.25, 0.3) is 0 Å². The largest absolute Gasteiger partial charge is 0.369 e. The number of rotatable bonds is 4. The zero-order valence-corrected chi connectivity index (χ0v) is 10.5. The van der Waals surface area contributed by atoms with E-state index in [1.54, 1.807) is 0 Å². The molecule has 0 bridgehead atoms. The second-order valence-electron chi connectivity index (χ2n) is 4.56. The van der Waals surface area contributed by atoms with Gasteiger partial charge in [-0.3, -0.25) is 4.79 Å². The molecule has 1 atom stereocenters. The Bertz CT molecular complexity index is 517. The lowest BCUT2D eigenvalue weighted by Crippen LogP contribution is -2.23. The summed E-state index contributed by atoms with van der Waals surface area (Å²) >= 11 is 0. The second-order valence-corrected chi connectivity index (χ2v) is 4.56. The summed E-state index contributed by atoms with van der Waals surface area (Å²) in [5, 5.41) is 0. The fourth-order valence-electron chi connectivity index (χ4n) is 2.03. The maximum atomic E-state index is 11.6. The molecule has 92 valence electrons. The van der Waals surface area contributed by atoms with E-state index < -0.39 is 0 Å². The van der Waals surface area contributed by atoms with Crippen molar-refractivity contribution >= 4 is 5.91 Å². The highest BCUT2D eigenvalue weighted by atomic mass is 16.1. The summed E-state index contributed by atoms with van der Waals surface area (Å²) in [6.07, 6.45) is 0.652. The number of nitrogens with two attached hydrogens (primary N) is 1. The van der Waals surface area contributed by atoms with Gasteiger partial charge in [-0.05, 0) is 24.5 Å². The molecule has 0 spiro atoms. The van der Waals surface area contributed by atoms with Gasteiger partial charge in [-0.1, -0.05) is 60.2 Å². The Balaban J connectivity index is 2.24. The van der Waals surface area contributed by atoms with E-state index in [2.05, 4.69) is 0 Å². The molecular weight excluding hydrogens is 222 g/mol. The molecule has 0 fully saturated rings. The van der Waals surface area contributed by atoms with E-state index in [0.717, 1.165) is 11.1 Å². The molecular formula is C16H17NO. The van der Waals surface area contributed by atoms with E-state index in [-0.39, 0.29) is 11.8 Å². The molecule has 0 radical (unpaired) electrons. The quantitative estimate of drug-likeness (QED) is 0.876. The number of carbonyl (C=O) groups is 1. The summed E-state index contributed by atoms with van der Waals surface area (Å²) in [5.74, 6) is -0.532. The van der Waals surface area contributed by atoms with Crippen molar-refractivity contribution in [1.29, 1.82) is 0 Å². The molecule has 2 aromatic rings. The average molecular weight is 239 g/mol. The van der Waals surface area contributed by atoms with E-state index in [1.165, 1.54) is 5.56 Å². The zero-order valence-electron chi connectivity index (χ0n) is 10.5. The molecule has 0 aromatic heterocycles. The lowest BCUT2D eigenvalue weighted by Gasteiger charge is -2.14. The van der Waals surface area contributed by atoms with Gasteiger partial charge in [0.2, 0.25) is 5.91 Å². The number of aryl methyl sites for hydroxylation is 1. The predicted molar refractivity (Wildman–Crippen MR) is 73.3 cm³/mol. The highest BCUT2D eigenvalue weighted by Gasteiger charge is 2.17. The van der Waals surface area contributed by atoms with Crippen molar-refractivity contribution in [2.24, 2.45) is 5.73 Å². The van der Waals surface area contributed by atoms with Gasteiger partial charge in [0.05, 0.1) is 5.92 Å². The fraction of sp³-hybridized carbons (Fsp3) is 0.188. The summed E-state index contributed by atoms with van der Waals surface area (Å²) in [7, 11) is 0. The van der Waals surface area contributed by atoms with Crippen molar-refractivity contribution in [3.63, 3.8) is 0 Å². The van der Waals surface area contributed by atoms with E-state index in [0.29, 0.717) is 6.42 Å². The van der Waals surface area contributed by atoms with Crippen LogP contribution >= 0.6 is 0 Å². The summed E-state index contributed by atoms with van der Waals surface area (Å²) in [6, 6.07) is 17.9. The minimum absolute atomic E-state index is 0.256. The van der Waals surface area contributed by atoms with Gasteiger partial charge in [-0.25, -0.2) is 0 Å². The molecule has 2 rings (SSSR count). The summed E-state index contributed by atoms with van der Waals surface area (Å²) < 4.78 is 0. The maximum Gasteiger partial charge on any atom is 0.225 e. The molecule has 2 heteroatoms. The molecule has 0 saturated carbocycles. The molecule has 2 aromatic carbocycles. The molecule has 2 N–H and O–H groups in total. The van der Waals surface area contributed by atoms with Gasteiger partial charge in [0.15, 0.2) is 0 Å². The number of benzene rings is 2. The first-order chi connectivity index (χ1) is 8.66. The van der Waals surface area contributed by atoms with Gasteiger partial charge in [0, 0.05) is 0 Å². The number of amides is 1. The Kier molecular flexibility index (Phi) is 3.78. The Hall–Kier alpha value is -2.09. The van der Waals surface area contributed by atoms with Gasteiger partial charge in [-0.2, -0.15) is 0 Å². The SMILES string of the molecule is Cc1ccc(C(Cc2ccccc2)C(N)=O)cc1. The van der Waals surface area contributed by atoms with Crippen LogP contribution in [0.4, 0.5) is 0 Å². The standard InChI is InChI=1S/C16H17NO/c1-12-7-9-14(10-8-12)15(16(17)18)11-13-5-3-2-4-6-13/h2-10,15H,11H2,1H3,(H2,17,18). The lowest BCUT2D eigenvalue weighted by atomic mass is 9.91. The van der Waals surface area contributed by atoms with Gasteiger partial charge in [-0.15, -0.1) is 0 Å². The van der Waals surface area contributed by atoms with Crippen molar-refractivity contribution in [3.05, 3.63) is 71.3 Å². The third kappa shape index (κ3) is 2.98. The Morgan fingerprint density at radius 1 is 1.06 bits per heavy atom. The molecule has 2 nitrogen and oxygen atoms in total. The lowest BCUT2D eigenvalue weighted by molar-refractivity contribution is -0.119. The second kappa shape index (κ2) is 5.50. The third-order valence-corrected chi connectivity index (χ3v) is 3.11. The van der Waals surface area contributed by atoms with Crippen LogP contribution in [-0.2, 0) is 11.2 Å². The van der Waals surface area contributed by atoms with Crippen LogP contribution in [0.1, 0.15) is 22.6 Å². The molecule has 0 aliphatic heterocycles. The normalized spacial score (nSPS) is 12.1. The minimum atomic E-state index is -0.275. The Morgan fingerprint density at radius 2 is 1.67 bits per heavy atom. The summed E-state index contributed by atoms with van der Waals surface area (Å²) in [5.41, 5.74) is 8.81. The van der Waals surface area contributed by atoms with E-state index in [4.69, 9.17) is 5.73 Å². The first-order valence-corrected chi connectivity index (χ1v) is 6.06. The average Bonchev–Trinajstić information content (AvgIpc) is 2.38. The van der Waals surface area contributed by atoms with Crippen molar-refractivity contribution in [2.45, 2.75) is 19.3 Å². The third-order valence-electron chi connectivity index (χ3n) is 3.11. The van der Waals surface area contributed by atoms with Crippen LogP contribution in [0.25, 0.3) is 0 Å². The minimum Gasteiger partial charge on any atom is -0.369 e. The van der Waals surface area contributed by atoms with Crippen molar-refractivity contribution in [1.82, 2.24) is 0 Å². The van der Waals surface area contributed by atoms with Crippen LogP contribution in [-0.4, -0.2) is 5.91 Å². The zero-order chi connectivity index (χ0) is 13.0. The van der Waals surface area contributed by atoms with Crippen molar-refractivity contribution in [3.8, 4) is 0 Å². The van der Waals surface area contributed by atoms with Crippen LogP contribution in [0.2, 0.25) is 0 Å². The maximum absolute atomic E-state index is 11.6. The Morgan fingerprint density at radius 3 is 2.22 bits per heavy atom. The molecule has 1 amide bonds. The molecule has 0 aliphatic carbocycles. The fourth-order valence-corrected chi connectivity index (χ4v) is 2.03. The highest BCUT2D eigenvalue weighted by molar-refractivity contribution is 5.82. The summed E-state index contributed by atoms with van der Waals surface area (Å²) in [4.78, 5) is 11.6. The molecule has 0 aliphatic rings. The number of hydrogen-bond acceptors (Lipinski definition) is 1. The predicted octanol–water partition coefficient (Wildman–Crippen LogP) is 2.81. The van der Waals surface area contributed by atoms with Crippen LogP contribution in [0.15, 0.2) is 54.6 Å². The van der Waals surface area contributed by atoms with Gasteiger partial charge in [0.1, 0.15) is 0 Å². The van der Waals surface area contributed by atoms with Gasteiger partial charge < -0.3 is 5.73 Å². The van der Waals surface area contributed by atoms with Crippen LogP contribution in [0.5, 0.6) is 0 Å². The van der Waals surface area contributed by atoms with E-state index in [9.17, 15) is 4.79 Å². The Labute approximate surface area is 107 Å². The van der Waals surface area contributed by atoms with Crippen molar-refractivity contribution < 1.29 is 4.79 Å². The molecule has 18 heavy (non-hydrogen) atoms. The number of primary amides is 1. The van der Waals surface area contributed by atoms with E-state index >= 15 is 0 Å². The number of hydrogen-bond donors (Lipinski definition) is 1. The molecule has 0 saturated heterocycles. The first kappa shape index (κ1) is 12.4. The van der Waals surface area contributed by atoms with Crippen LogP contribution in [0, 0.1) is 6.92 Å². The first-order valence-electron chi connectivity index (χ1n) is 6.06. The number of carbonyl (C=O) groups excluding carboxylic acids is 1. The smallest absolute Gasteiger partial charge is 0.225 e. The summed E-state index contributed by atoms with van der Waals surface area (Å²) in [6.45, 7) is 2.03. The monoisotopic (exact) mass is 239 g/mol. The van der Waals surface area contributed by atoms with Crippen LogP contribution in [0.3, 0.4) is 0 Å². The highest BCUT2D eigenvalue weighted by Crippen LogP contribution is 2.21. The molecule has 1 unspecified atom stereocenters. The topological polar surface area (TPSA) is 43.1 Å². The van der Waals surface area contributed by atoms with E-state index in [1.807, 2.05) is 61.5 Å². The van der Waals surface area contributed by atoms with Crippen molar-refractivity contribution in [2.75, 3.05) is 0 Å². The van der Waals surface area contributed by atoms with Crippen LogP contribution < -0.4 is 5.73 Å². The molecule has 0 heterocycles.